The zero-order valence-electron chi connectivity index (χ0n) is 11.2. The van der Waals surface area contributed by atoms with E-state index in [1.807, 2.05) is 13.8 Å². The smallest absolute Gasteiger partial charge is 0.269 e. The highest BCUT2D eigenvalue weighted by Gasteiger charge is 2.29. The topological polar surface area (TPSA) is 98.3 Å². The zero-order valence-corrected chi connectivity index (χ0v) is 11.2. The van der Waals surface area contributed by atoms with Crippen LogP contribution >= 0.6 is 0 Å². The minimum absolute atomic E-state index is 0.0327. The maximum atomic E-state index is 11.9. The van der Waals surface area contributed by atoms with E-state index >= 15 is 0 Å². The molecule has 104 valence electrons. The second-order valence-corrected chi connectivity index (χ2v) is 4.47. The zero-order chi connectivity index (χ0) is 14.5. The number of nitrogens with two attached hydrogens (primary N) is 1. The molecule has 0 saturated heterocycles. The molecule has 0 saturated carbocycles. The summed E-state index contributed by atoms with van der Waals surface area (Å²) in [7, 11) is 0. The van der Waals surface area contributed by atoms with Crippen molar-refractivity contribution in [2.45, 2.75) is 38.8 Å². The van der Waals surface area contributed by atoms with Crippen LogP contribution in [0, 0.1) is 10.1 Å². The maximum absolute atomic E-state index is 11.9. The fourth-order valence-corrected chi connectivity index (χ4v) is 1.67. The molecule has 0 aliphatic heterocycles. The Morgan fingerprint density at radius 1 is 1.32 bits per heavy atom. The van der Waals surface area contributed by atoms with Gasteiger partial charge in [0.1, 0.15) is 0 Å². The summed E-state index contributed by atoms with van der Waals surface area (Å²) >= 11 is 0. The van der Waals surface area contributed by atoms with Gasteiger partial charge >= 0.3 is 0 Å². The lowest BCUT2D eigenvalue weighted by atomic mass is 9.93. The van der Waals surface area contributed by atoms with Crippen LogP contribution < -0.4 is 11.1 Å². The molecule has 1 aromatic rings. The highest BCUT2D eigenvalue weighted by Crippen LogP contribution is 2.13. The summed E-state index contributed by atoms with van der Waals surface area (Å²) in [6, 6.07) is 6.07. The lowest BCUT2D eigenvalue weighted by Gasteiger charge is -2.25. The minimum Gasteiger partial charge on any atom is -0.350 e. The van der Waals surface area contributed by atoms with Crippen LogP contribution in [0.15, 0.2) is 24.3 Å². The molecule has 0 atom stereocenters. The van der Waals surface area contributed by atoms with Crippen molar-refractivity contribution in [3.05, 3.63) is 39.9 Å². The monoisotopic (exact) mass is 265 g/mol. The van der Waals surface area contributed by atoms with Gasteiger partial charge in [0.15, 0.2) is 0 Å². The summed E-state index contributed by atoms with van der Waals surface area (Å²) in [5, 5.41) is 13.3. The molecule has 0 fully saturated rings. The van der Waals surface area contributed by atoms with Gasteiger partial charge in [-0.3, -0.25) is 14.9 Å². The number of benzene rings is 1. The Morgan fingerprint density at radius 2 is 1.84 bits per heavy atom. The van der Waals surface area contributed by atoms with E-state index in [0.29, 0.717) is 19.4 Å². The third-order valence-corrected chi connectivity index (χ3v) is 3.31. The Kier molecular flexibility index (Phi) is 5.00. The molecule has 0 unspecified atom stereocenters. The predicted molar refractivity (Wildman–Crippen MR) is 72.4 cm³/mol. The molecule has 0 aromatic heterocycles. The summed E-state index contributed by atoms with van der Waals surface area (Å²) in [6.45, 7) is 4.06. The van der Waals surface area contributed by atoms with Gasteiger partial charge in [0.05, 0.1) is 10.5 Å². The van der Waals surface area contributed by atoms with Gasteiger partial charge in [0.25, 0.3) is 5.69 Å². The quantitative estimate of drug-likeness (QED) is 0.604. The summed E-state index contributed by atoms with van der Waals surface area (Å²) in [5.74, 6) is -0.198. The number of nitro benzene ring substituents is 1. The van der Waals surface area contributed by atoms with E-state index in [9.17, 15) is 14.9 Å². The average Bonchev–Trinajstić information content (AvgIpc) is 2.44. The molecule has 6 nitrogen and oxygen atoms in total. The van der Waals surface area contributed by atoms with Gasteiger partial charge in [0, 0.05) is 18.7 Å². The van der Waals surface area contributed by atoms with Crippen LogP contribution in [0.2, 0.25) is 0 Å². The number of rotatable bonds is 6. The second kappa shape index (κ2) is 6.29. The van der Waals surface area contributed by atoms with Crippen molar-refractivity contribution in [3.63, 3.8) is 0 Å². The lowest BCUT2D eigenvalue weighted by molar-refractivity contribution is -0.384. The van der Waals surface area contributed by atoms with Gasteiger partial charge in [-0.15, -0.1) is 0 Å². The first-order chi connectivity index (χ1) is 8.92. The number of nitrogens with one attached hydrogen (secondary N) is 1. The molecule has 6 heteroatoms. The summed E-state index contributed by atoms with van der Waals surface area (Å²) in [5.41, 5.74) is 5.95. The number of non-ortho nitro benzene ring substituents is 1. The normalized spacial score (nSPS) is 11.1. The first-order valence-electron chi connectivity index (χ1n) is 6.23. The summed E-state index contributed by atoms with van der Waals surface area (Å²) in [6.07, 6.45) is 1.13. The van der Waals surface area contributed by atoms with Crippen molar-refractivity contribution < 1.29 is 9.72 Å². The number of hydrogen-bond acceptors (Lipinski definition) is 4. The molecule has 0 aliphatic carbocycles. The van der Waals surface area contributed by atoms with Crippen LogP contribution in [0.25, 0.3) is 0 Å². The van der Waals surface area contributed by atoms with Crippen molar-refractivity contribution in [2.75, 3.05) is 0 Å². The molecule has 0 radical (unpaired) electrons. The standard InChI is InChI=1S/C13H19N3O3/c1-3-13(14,4-2)12(17)15-9-10-5-7-11(8-6-10)16(18)19/h5-8H,3-4,9,14H2,1-2H3,(H,15,17). The third kappa shape index (κ3) is 3.75. The van der Waals surface area contributed by atoms with E-state index in [4.69, 9.17) is 5.73 Å². The van der Waals surface area contributed by atoms with Crippen LogP contribution in [-0.4, -0.2) is 16.4 Å². The van der Waals surface area contributed by atoms with Gasteiger partial charge in [-0.1, -0.05) is 26.0 Å². The third-order valence-electron chi connectivity index (χ3n) is 3.31. The van der Waals surface area contributed by atoms with E-state index in [1.54, 1.807) is 12.1 Å². The number of carbonyl (C=O) groups excluding carboxylic acids is 1. The molecule has 1 amide bonds. The fourth-order valence-electron chi connectivity index (χ4n) is 1.67. The molecule has 1 rings (SSSR count). The van der Waals surface area contributed by atoms with E-state index in [1.165, 1.54) is 12.1 Å². The Morgan fingerprint density at radius 3 is 2.26 bits per heavy atom. The predicted octanol–water partition coefficient (Wildman–Crippen LogP) is 1.73. The van der Waals surface area contributed by atoms with E-state index in [0.717, 1.165) is 5.56 Å². The summed E-state index contributed by atoms with van der Waals surface area (Å²) < 4.78 is 0. The largest absolute Gasteiger partial charge is 0.350 e. The minimum atomic E-state index is -0.846. The molecule has 0 bridgehead atoms. The van der Waals surface area contributed by atoms with Crippen molar-refractivity contribution in [1.29, 1.82) is 0 Å². The van der Waals surface area contributed by atoms with E-state index < -0.39 is 10.5 Å². The van der Waals surface area contributed by atoms with Gasteiger partial charge in [-0.05, 0) is 18.4 Å². The van der Waals surface area contributed by atoms with Crippen LogP contribution in [0.1, 0.15) is 32.3 Å². The number of amides is 1. The SMILES string of the molecule is CCC(N)(CC)C(=O)NCc1ccc([N+](=O)[O-])cc1. The molecule has 19 heavy (non-hydrogen) atoms. The van der Waals surface area contributed by atoms with Gasteiger partial charge in [-0.2, -0.15) is 0 Å². The Hall–Kier alpha value is -1.95. The number of hydrogen-bond donors (Lipinski definition) is 2. The van der Waals surface area contributed by atoms with Crippen molar-refractivity contribution >= 4 is 11.6 Å². The van der Waals surface area contributed by atoms with Crippen molar-refractivity contribution in [3.8, 4) is 0 Å². The average molecular weight is 265 g/mol. The van der Waals surface area contributed by atoms with E-state index in [-0.39, 0.29) is 11.6 Å². The first-order valence-corrected chi connectivity index (χ1v) is 6.23. The molecular weight excluding hydrogens is 246 g/mol. The van der Waals surface area contributed by atoms with E-state index in [2.05, 4.69) is 5.32 Å². The molecular formula is C13H19N3O3. The maximum Gasteiger partial charge on any atom is 0.269 e. The van der Waals surface area contributed by atoms with Crippen LogP contribution in [0.3, 0.4) is 0 Å². The fraction of sp³-hybridized carbons (Fsp3) is 0.462. The van der Waals surface area contributed by atoms with Gasteiger partial charge in [0.2, 0.25) is 5.91 Å². The Bertz CT molecular complexity index is 453. The van der Waals surface area contributed by atoms with Crippen LogP contribution in [-0.2, 0) is 11.3 Å². The molecule has 3 N–H and O–H groups in total. The Labute approximate surface area is 112 Å². The second-order valence-electron chi connectivity index (χ2n) is 4.47. The Balaban J connectivity index is 2.62. The van der Waals surface area contributed by atoms with Gasteiger partial charge < -0.3 is 11.1 Å². The number of carbonyl (C=O) groups is 1. The number of nitrogens with zero attached hydrogens (tertiary/aromatic N) is 1. The first kappa shape index (κ1) is 15.1. The highest BCUT2D eigenvalue weighted by atomic mass is 16.6. The van der Waals surface area contributed by atoms with Crippen LogP contribution in [0.4, 0.5) is 5.69 Å². The van der Waals surface area contributed by atoms with Crippen molar-refractivity contribution in [2.24, 2.45) is 5.73 Å². The highest BCUT2D eigenvalue weighted by molar-refractivity contribution is 5.85. The number of nitro groups is 1. The molecule has 0 heterocycles. The van der Waals surface area contributed by atoms with Crippen LogP contribution in [0.5, 0.6) is 0 Å². The van der Waals surface area contributed by atoms with Crippen molar-refractivity contribution in [1.82, 2.24) is 5.32 Å². The lowest BCUT2D eigenvalue weighted by Crippen LogP contribution is -2.52. The molecule has 0 aliphatic rings. The summed E-state index contributed by atoms with van der Waals surface area (Å²) in [4.78, 5) is 22.0. The molecule has 0 spiro atoms. The molecule has 1 aromatic carbocycles. The van der Waals surface area contributed by atoms with Gasteiger partial charge in [-0.25, -0.2) is 0 Å².